The lowest BCUT2D eigenvalue weighted by Crippen LogP contribution is -2.42. The summed E-state index contributed by atoms with van der Waals surface area (Å²) in [4.78, 5) is 14.8. The van der Waals surface area contributed by atoms with Crippen LogP contribution in [0.3, 0.4) is 0 Å². The summed E-state index contributed by atoms with van der Waals surface area (Å²) in [7, 11) is -1.44. The van der Waals surface area contributed by atoms with Crippen molar-refractivity contribution in [3.63, 3.8) is 0 Å². The molecule has 1 aromatic heterocycles. The maximum absolute atomic E-state index is 11.8. The molecule has 1 heterocycles. The molecule has 0 radical (unpaired) electrons. The van der Waals surface area contributed by atoms with E-state index < -0.39 is 8.07 Å². The van der Waals surface area contributed by atoms with E-state index in [2.05, 4.69) is 30.7 Å². The monoisotopic (exact) mass is 217 g/mol. The van der Waals surface area contributed by atoms with Gasteiger partial charge >= 0.3 is 0 Å². The molecule has 2 aromatic rings. The Balaban J connectivity index is 2.79. The second-order valence-corrected chi connectivity index (χ2v) is 9.89. The summed E-state index contributed by atoms with van der Waals surface area (Å²) in [6.45, 7) is 6.69. The average Bonchev–Trinajstić information content (AvgIpc) is 2.16. The lowest BCUT2D eigenvalue weighted by Gasteiger charge is -2.16. The number of rotatable bonds is 1. The van der Waals surface area contributed by atoms with Crippen LogP contribution in [0.1, 0.15) is 0 Å². The van der Waals surface area contributed by atoms with Gasteiger partial charge in [-0.2, -0.15) is 0 Å². The number of hydrogen-bond acceptors (Lipinski definition) is 1. The number of aromatic nitrogens is 1. The molecule has 0 unspecified atom stereocenters. The second kappa shape index (κ2) is 3.34. The first-order chi connectivity index (χ1) is 6.98. The third kappa shape index (κ3) is 1.88. The molecule has 1 aromatic carbocycles. The maximum Gasteiger partial charge on any atom is 0.255 e. The van der Waals surface area contributed by atoms with Crippen molar-refractivity contribution in [1.82, 2.24) is 4.98 Å². The van der Waals surface area contributed by atoms with Crippen molar-refractivity contribution in [1.29, 1.82) is 0 Å². The SMILES string of the molecule is C[Si](C)(C)c1cc2ccccc2c(=O)[nH]1. The molecule has 0 aliphatic carbocycles. The Bertz CT molecular complexity index is 551. The summed E-state index contributed by atoms with van der Waals surface area (Å²) in [5.41, 5.74) is 0.0329. The van der Waals surface area contributed by atoms with Gasteiger partial charge in [0.2, 0.25) is 0 Å². The minimum atomic E-state index is -1.44. The van der Waals surface area contributed by atoms with Crippen molar-refractivity contribution in [2.45, 2.75) is 19.6 Å². The molecule has 2 nitrogen and oxygen atoms in total. The quantitative estimate of drug-likeness (QED) is 0.729. The molecule has 0 aliphatic heterocycles. The van der Waals surface area contributed by atoms with Crippen LogP contribution in [0.15, 0.2) is 35.1 Å². The lowest BCUT2D eigenvalue weighted by molar-refractivity contribution is 1.31. The predicted octanol–water partition coefficient (Wildman–Crippen LogP) is 2.07. The predicted molar refractivity (Wildman–Crippen MR) is 67.5 cm³/mol. The lowest BCUT2D eigenvalue weighted by atomic mass is 10.2. The highest BCUT2D eigenvalue weighted by atomic mass is 28.3. The van der Waals surface area contributed by atoms with E-state index in [0.717, 1.165) is 16.1 Å². The molecule has 0 spiro atoms. The van der Waals surface area contributed by atoms with Crippen LogP contribution in [-0.2, 0) is 0 Å². The fourth-order valence-electron chi connectivity index (χ4n) is 1.61. The molecule has 0 atom stereocenters. The van der Waals surface area contributed by atoms with E-state index in [1.54, 1.807) is 0 Å². The standard InChI is InChI=1S/C12H15NOSi/c1-15(2,3)11-8-9-6-4-5-7-10(9)12(14)13-11/h4-8H,1-3H3,(H,13,14). The van der Waals surface area contributed by atoms with Crippen LogP contribution in [-0.4, -0.2) is 13.1 Å². The van der Waals surface area contributed by atoms with Crippen molar-refractivity contribution in [2.75, 3.05) is 0 Å². The molecule has 3 heteroatoms. The number of aromatic amines is 1. The first kappa shape index (κ1) is 10.2. The zero-order chi connectivity index (χ0) is 11.1. The molecule has 2 rings (SSSR count). The van der Waals surface area contributed by atoms with Crippen LogP contribution in [0.4, 0.5) is 0 Å². The molecule has 1 N–H and O–H groups in total. The summed E-state index contributed by atoms with van der Waals surface area (Å²) >= 11 is 0. The summed E-state index contributed by atoms with van der Waals surface area (Å²) in [5.74, 6) is 0. The molecule has 0 fully saturated rings. The number of benzene rings is 1. The second-order valence-electron chi connectivity index (χ2n) is 4.85. The summed E-state index contributed by atoms with van der Waals surface area (Å²) < 4.78 is 0. The molecule has 0 bridgehead atoms. The highest BCUT2D eigenvalue weighted by Crippen LogP contribution is 2.08. The van der Waals surface area contributed by atoms with E-state index in [1.807, 2.05) is 24.3 Å². The minimum absolute atomic E-state index is 0.0329. The van der Waals surface area contributed by atoms with Gasteiger partial charge < -0.3 is 4.98 Å². The normalized spacial score (nSPS) is 11.9. The third-order valence-electron chi connectivity index (χ3n) is 2.56. The van der Waals surface area contributed by atoms with Gasteiger partial charge in [0.15, 0.2) is 0 Å². The number of pyridine rings is 1. The van der Waals surface area contributed by atoms with Gasteiger partial charge in [0.1, 0.15) is 0 Å². The van der Waals surface area contributed by atoms with E-state index in [0.29, 0.717) is 0 Å². The van der Waals surface area contributed by atoms with Crippen molar-refractivity contribution in [3.05, 3.63) is 40.7 Å². The number of H-pyrrole nitrogens is 1. The first-order valence-corrected chi connectivity index (χ1v) is 8.61. The van der Waals surface area contributed by atoms with Crippen LogP contribution in [0, 0.1) is 0 Å². The summed E-state index contributed by atoms with van der Waals surface area (Å²) in [6, 6.07) is 9.83. The van der Waals surface area contributed by atoms with Crippen molar-refractivity contribution >= 4 is 24.2 Å². The highest BCUT2D eigenvalue weighted by Gasteiger charge is 2.18. The average molecular weight is 217 g/mol. The van der Waals surface area contributed by atoms with Crippen LogP contribution in [0.2, 0.25) is 19.6 Å². The topological polar surface area (TPSA) is 32.9 Å². The summed E-state index contributed by atoms with van der Waals surface area (Å²) in [5, 5.41) is 2.93. The molecule has 0 saturated heterocycles. The van der Waals surface area contributed by atoms with Crippen molar-refractivity contribution in [2.24, 2.45) is 0 Å². The first-order valence-electron chi connectivity index (χ1n) is 5.11. The van der Waals surface area contributed by atoms with E-state index in [9.17, 15) is 4.79 Å². The van der Waals surface area contributed by atoms with Gasteiger partial charge in [-0.25, -0.2) is 0 Å². The van der Waals surface area contributed by atoms with Crippen LogP contribution in [0.5, 0.6) is 0 Å². The smallest absolute Gasteiger partial charge is 0.255 e. The molecular formula is C12H15NOSi. The van der Waals surface area contributed by atoms with Gasteiger partial charge in [0.05, 0.1) is 8.07 Å². The third-order valence-corrected chi connectivity index (χ3v) is 4.45. The van der Waals surface area contributed by atoms with Gasteiger partial charge in [-0.05, 0) is 17.5 Å². The largest absolute Gasteiger partial charge is 0.330 e. The number of fused-ring (bicyclic) bond motifs is 1. The van der Waals surface area contributed by atoms with Crippen LogP contribution in [0.25, 0.3) is 10.8 Å². The van der Waals surface area contributed by atoms with Gasteiger partial charge in [0, 0.05) is 10.7 Å². The molecule has 78 valence electrons. The fourth-order valence-corrected chi connectivity index (χ4v) is 2.69. The Kier molecular flexibility index (Phi) is 2.27. The highest BCUT2D eigenvalue weighted by molar-refractivity contribution is 6.88. The number of nitrogens with one attached hydrogen (secondary N) is 1. The Labute approximate surface area is 90.0 Å². The zero-order valence-corrected chi connectivity index (χ0v) is 10.3. The molecule has 0 aliphatic rings. The summed E-state index contributed by atoms with van der Waals surface area (Å²) in [6.07, 6.45) is 0. The van der Waals surface area contributed by atoms with E-state index in [-0.39, 0.29) is 5.56 Å². The Morgan fingerprint density at radius 2 is 1.80 bits per heavy atom. The van der Waals surface area contributed by atoms with E-state index in [4.69, 9.17) is 0 Å². The van der Waals surface area contributed by atoms with Gasteiger partial charge in [0.25, 0.3) is 5.56 Å². The van der Waals surface area contributed by atoms with Gasteiger partial charge in [-0.1, -0.05) is 37.8 Å². The molecule has 15 heavy (non-hydrogen) atoms. The van der Waals surface area contributed by atoms with Crippen molar-refractivity contribution in [3.8, 4) is 0 Å². The van der Waals surface area contributed by atoms with E-state index >= 15 is 0 Å². The molecule has 0 saturated carbocycles. The fraction of sp³-hybridized carbons (Fsp3) is 0.250. The Morgan fingerprint density at radius 3 is 2.47 bits per heavy atom. The van der Waals surface area contributed by atoms with Crippen molar-refractivity contribution < 1.29 is 0 Å². The Morgan fingerprint density at radius 1 is 1.13 bits per heavy atom. The number of hydrogen-bond donors (Lipinski definition) is 1. The van der Waals surface area contributed by atoms with Gasteiger partial charge in [-0.3, -0.25) is 4.79 Å². The minimum Gasteiger partial charge on any atom is -0.330 e. The van der Waals surface area contributed by atoms with Crippen LogP contribution >= 0.6 is 0 Å². The molecule has 0 amide bonds. The van der Waals surface area contributed by atoms with Gasteiger partial charge in [-0.15, -0.1) is 0 Å². The maximum atomic E-state index is 11.8. The van der Waals surface area contributed by atoms with Crippen LogP contribution < -0.4 is 10.9 Å². The Hall–Kier alpha value is -1.35. The zero-order valence-electron chi connectivity index (χ0n) is 9.29. The van der Waals surface area contributed by atoms with E-state index in [1.165, 1.54) is 0 Å². The molecular weight excluding hydrogens is 202 g/mol.